The van der Waals surface area contributed by atoms with Gasteiger partial charge in [0.1, 0.15) is 24.4 Å². The van der Waals surface area contributed by atoms with Crippen molar-refractivity contribution in [2.24, 2.45) is 0 Å². The molecule has 8 nitrogen and oxygen atoms in total. The number of piperidine rings is 1. The highest BCUT2D eigenvalue weighted by Crippen LogP contribution is 2.39. The summed E-state index contributed by atoms with van der Waals surface area (Å²) >= 11 is 9.68. The number of hydrogen-bond donors (Lipinski definition) is 1. The monoisotopic (exact) mass is 574 g/mol. The van der Waals surface area contributed by atoms with Gasteiger partial charge in [-0.1, -0.05) is 18.0 Å². The number of nitrogens with one attached hydrogen (secondary N) is 1. The van der Waals surface area contributed by atoms with Crippen molar-refractivity contribution >= 4 is 49.9 Å². The Labute approximate surface area is 223 Å². The Kier molecular flexibility index (Phi) is 6.92. The average molecular weight is 576 g/mol. The van der Waals surface area contributed by atoms with E-state index in [0.29, 0.717) is 41.6 Å². The van der Waals surface area contributed by atoms with Crippen molar-refractivity contribution in [2.45, 2.75) is 43.6 Å². The number of likely N-dealkylation sites (tertiary alicyclic amines) is 1. The molecule has 4 heterocycles. The first kappa shape index (κ1) is 24.2. The summed E-state index contributed by atoms with van der Waals surface area (Å²) in [4.78, 5) is 11.4. The fraction of sp³-hybridized carbons (Fsp3) is 0.462. The van der Waals surface area contributed by atoms with E-state index < -0.39 is 0 Å². The first-order valence-electron chi connectivity index (χ1n) is 12.3. The standard InChI is InChI=1S/C26H28BrClN4O4/c1-33-21-10-16-19(29-14-30-26(16)31-15-5-6-17(27)18(28)9-15)11-22(21)36-23-13-35-24-20(12-34-25(23)24)32-7-3-2-4-8-32/h5-6,9-11,14,20,23-25H,2-4,7-8,12-13H2,1H3,(H,29,30,31)/t20-,23-,24+,25+/m0/s1. The van der Waals surface area contributed by atoms with Crippen molar-refractivity contribution < 1.29 is 18.9 Å². The van der Waals surface area contributed by atoms with Gasteiger partial charge in [0.25, 0.3) is 0 Å². The Morgan fingerprint density at radius 3 is 2.67 bits per heavy atom. The zero-order valence-electron chi connectivity index (χ0n) is 20.0. The van der Waals surface area contributed by atoms with E-state index in [1.54, 1.807) is 7.11 Å². The Morgan fingerprint density at radius 1 is 1.03 bits per heavy atom. The molecule has 36 heavy (non-hydrogen) atoms. The SMILES string of the molecule is COc1cc2c(Nc3ccc(Br)c(Cl)c3)ncnc2cc1O[C@H]1CO[C@H]2[C@@H]1OC[C@@H]2N1CCCCC1. The Bertz CT molecular complexity index is 1260. The van der Waals surface area contributed by atoms with Crippen LogP contribution in [0.5, 0.6) is 11.5 Å². The molecule has 190 valence electrons. The van der Waals surface area contributed by atoms with Gasteiger partial charge in [0.2, 0.25) is 0 Å². The smallest absolute Gasteiger partial charge is 0.164 e. The quantitative estimate of drug-likeness (QED) is 0.430. The molecule has 0 saturated carbocycles. The van der Waals surface area contributed by atoms with Crippen molar-refractivity contribution in [2.75, 3.05) is 38.7 Å². The summed E-state index contributed by atoms with van der Waals surface area (Å²) in [6.07, 6.45) is 5.06. The second kappa shape index (κ2) is 10.3. The first-order valence-corrected chi connectivity index (χ1v) is 13.5. The third kappa shape index (κ3) is 4.63. The van der Waals surface area contributed by atoms with Crippen LogP contribution in [0, 0.1) is 0 Å². The van der Waals surface area contributed by atoms with Crippen LogP contribution in [0.25, 0.3) is 10.9 Å². The molecule has 10 heteroatoms. The van der Waals surface area contributed by atoms with Crippen LogP contribution in [0.15, 0.2) is 41.1 Å². The molecule has 0 radical (unpaired) electrons. The van der Waals surface area contributed by atoms with Crippen LogP contribution >= 0.6 is 27.5 Å². The number of aromatic nitrogens is 2. The molecule has 0 amide bonds. The summed E-state index contributed by atoms with van der Waals surface area (Å²) in [7, 11) is 1.63. The molecule has 3 saturated heterocycles. The first-order chi connectivity index (χ1) is 17.6. The molecule has 1 aromatic heterocycles. The fourth-order valence-corrected chi connectivity index (χ4v) is 5.82. The molecule has 0 spiro atoms. The van der Waals surface area contributed by atoms with Gasteiger partial charge in [0, 0.05) is 21.6 Å². The number of benzene rings is 2. The maximum absolute atomic E-state index is 6.45. The maximum atomic E-state index is 6.45. The number of ether oxygens (including phenoxy) is 4. The third-order valence-electron chi connectivity index (χ3n) is 7.22. The van der Waals surface area contributed by atoms with Crippen molar-refractivity contribution in [3.05, 3.63) is 46.2 Å². The lowest BCUT2D eigenvalue weighted by atomic mass is 10.0. The summed E-state index contributed by atoms with van der Waals surface area (Å²) < 4.78 is 25.4. The zero-order valence-corrected chi connectivity index (χ0v) is 22.3. The summed E-state index contributed by atoms with van der Waals surface area (Å²) in [5.74, 6) is 1.86. The molecule has 3 aliphatic rings. The summed E-state index contributed by atoms with van der Waals surface area (Å²) in [5.41, 5.74) is 1.55. The van der Waals surface area contributed by atoms with Crippen LogP contribution in [0.2, 0.25) is 5.02 Å². The number of hydrogen-bond acceptors (Lipinski definition) is 8. The lowest BCUT2D eigenvalue weighted by Crippen LogP contribution is -2.47. The topological polar surface area (TPSA) is 78.0 Å². The molecule has 0 aliphatic carbocycles. The van der Waals surface area contributed by atoms with Crippen LogP contribution in [-0.2, 0) is 9.47 Å². The Hall–Kier alpha value is -2.17. The van der Waals surface area contributed by atoms with Gasteiger partial charge in [-0.05, 0) is 66.1 Å². The minimum Gasteiger partial charge on any atom is -0.493 e. The van der Waals surface area contributed by atoms with Crippen LogP contribution in [0.3, 0.4) is 0 Å². The maximum Gasteiger partial charge on any atom is 0.164 e. The van der Waals surface area contributed by atoms with Crippen molar-refractivity contribution in [1.82, 2.24) is 14.9 Å². The zero-order chi connectivity index (χ0) is 24.6. The number of anilines is 2. The van der Waals surface area contributed by atoms with Gasteiger partial charge in [0.15, 0.2) is 17.6 Å². The van der Waals surface area contributed by atoms with E-state index in [-0.39, 0.29) is 18.3 Å². The van der Waals surface area contributed by atoms with E-state index in [1.165, 1.54) is 25.6 Å². The highest BCUT2D eigenvalue weighted by molar-refractivity contribution is 9.10. The van der Waals surface area contributed by atoms with Gasteiger partial charge in [-0.2, -0.15) is 0 Å². The minimum absolute atomic E-state index is 0.0374. The molecular weight excluding hydrogens is 548 g/mol. The second-order valence-corrected chi connectivity index (χ2v) is 10.7. The molecule has 2 aromatic carbocycles. The van der Waals surface area contributed by atoms with Gasteiger partial charge in [0.05, 0.1) is 36.9 Å². The molecule has 1 N–H and O–H groups in total. The number of fused-ring (bicyclic) bond motifs is 2. The Balaban J connectivity index is 1.23. The largest absolute Gasteiger partial charge is 0.493 e. The highest BCUT2D eigenvalue weighted by Gasteiger charge is 2.50. The molecule has 3 fully saturated rings. The second-order valence-electron chi connectivity index (χ2n) is 9.41. The highest BCUT2D eigenvalue weighted by atomic mass is 79.9. The van der Waals surface area contributed by atoms with Gasteiger partial charge in [-0.25, -0.2) is 9.97 Å². The van der Waals surface area contributed by atoms with E-state index in [2.05, 4.69) is 36.1 Å². The van der Waals surface area contributed by atoms with Gasteiger partial charge in [-0.3, -0.25) is 4.90 Å². The van der Waals surface area contributed by atoms with Gasteiger partial charge >= 0.3 is 0 Å². The predicted molar refractivity (Wildman–Crippen MR) is 142 cm³/mol. The Morgan fingerprint density at radius 2 is 1.86 bits per heavy atom. The van der Waals surface area contributed by atoms with Crippen molar-refractivity contribution in [3.8, 4) is 11.5 Å². The lowest BCUT2D eigenvalue weighted by Gasteiger charge is -2.33. The summed E-state index contributed by atoms with van der Waals surface area (Å²) in [6.45, 7) is 3.41. The molecule has 6 rings (SSSR count). The molecular formula is C26H28BrClN4O4. The van der Waals surface area contributed by atoms with Crippen LogP contribution in [0.1, 0.15) is 19.3 Å². The predicted octanol–water partition coefficient (Wildman–Crippen LogP) is 5.20. The van der Waals surface area contributed by atoms with E-state index in [0.717, 1.165) is 34.2 Å². The normalized spacial score (nSPS) is 26.2. The van der Waals surface area contributed by atoms with Gasteiger partial charge in [-0.15, -0.1) is 0 Å². The van der Waals surface area contributed by atoms with E-state index in [4.69, 9.17) is 30.5 Å². The van der Waals surface area contributed by atoms with Crippen LogP contribution in [0.4, 0.5) is 11.5 Å². The number of rotatable bonds is 6. The van der Waals surface area contributed by atoms with E-state index in [1.807, 2.05) is 30.3 Å². The molecule has 4 atom stereocenters. The molecule has 3 aliphatic heterocycles. The minimum atomic E-state index is -0.208. The molecule has 0 bridgehead atoms. The summed E-state index contributed by atoms with van der Waals surface area (Å²) in [5, 5.41) is 4.75. The van der Waals surface area contributed by atoms with Crippen LogP contribution < -0.4 is 14.8 Å². The van der Waals surface area contributed by atoms with Crippen molar-refractivity contribution in [1.29, 1.82) is 0 Å². The van der Waals surface area contributed by atoms with Crippen LogP contribution in [-0.4, -0.2) is 72.6 Å². The van der Waals surface area contributed by atoms with Gasteiger partial charge < -0.3 is 24.3 Å². The van der Waals surface area contributed by atoms with Crippen molar-refractivity contribution in [3.63, 3.8) is 0 Å². The molecule has 3 aromatic rings. The lowest BCUT2D eigenvalue weighted by molar-refractivity contribution is 0.0192. The van der Waals surface area contributed by atoms with E-state index >= 15 is 0 Å². The fourth-order valence-electron chi connectivity index (χ4n) is 5.40. The third-order valence-corrected chi connectivity index (χ3v) is 8.46. The van der Waals surface area contributed by atoms with E-state index in [9.17, 15) is 0 Å². The number of halogens is 2. The number of methoxy groups -OCH3 is 1. The molecule has 0 unspecified atom stereocenters. The summed E-state index contributed by atoms with van der Waals surface area (Å²) in [6, 6.07) is 9.73. The number of nitrogens with zero attached hydrogens (tertiary/aromatic N) is 3. The average Bonchev–Trinajstić information content (AvgIpc) is 3.49.